The van der Waals surface area contributed by atoms with Crippen LogP contribution in [0.1, 0.15) is 41.6 Å². The summed E-state index contributed by atoms with van der Waals surface area (Å²) < 4.78 is 11.2. The third-order valence-electron chi connectivity index (χ3n) is 5.34. The average molecular weight is 390 g/mol. The van der Waals surface area contributed by atoms with Crippen molar-refractivity contribution >= 4 is 18.9 Å². The first-order valence-corrected chi connectivity index (χ1v) is 9.74. The fourth-order valence-corrected chi connectivity index (χ4v) is 3.87. The number of Topliss-reactive ketones (excluding diaryl/α,β-unsaturated/α-hetero) is 1. The number of carbonyl (C=O) groups excluding carboxylic acids is 1. The normalized spacial score (nSPS) is 24.4. The minimum Gasteiger partial charge on any atom is -0.535 e. The molecule has 0 spiro atoms. The molecule has 8 nitrogen and oxygen atoms in total. The molecule has 152 valence electrons. The Bertz CT molecular complexity index is 708. The van der Waals surface area contributed by atoms with Gasteiger partial charge in [-0.2, -0.15) is 0 Å². The smallest absolute Gasteiger partial charge is 0.526 e. The van der Waals surface area contributed by atoms with Crippen molar-refractivity contribution in [2.45, 2.75) is 50.1 Å². The Kier molecular flexibility index (Phi) is 7.06. The lowest BCUT2D eigenvalue weighted by Crippen LogP contribution is -2.42. The number of carboxylic acids is 1. The summed E-state index contributed by atoms with van der Waals surface area (Å²) in [5.74, 6) is -1.29. The minimum absolute atomic E-state index is 0.0175. The third-order valence-corrected chi connectivity index (χ3v) is 5.34. The molecule has 1 fully saturated rings. The first-order chi connectivity index (χ1) is 13.5. The highest BCUT2D eigenvalue weighted by atomic mass is 16.5. The molecule has 3 atom stereocenters. The molecule has 0 saturated carbocycles. The van der Waals surface area contributed by atoms with Gasteiger partial charge in [0.15, 0.2) is 0 Å². The van der Waals surface area contributed by atoms with E-state index in [9.17, 15) is 19.7 Å². The summed E-state index contributed by atoms with van der Waals surface area (Å²) in [6.07, 6.45) is 2.54. The fourth-order valence-electron chi connectivity index (χ4n) is 3.87. The Morgan fingerprint density at radius 3 is 2.79 bits per heavy atom. The lowest BCUT2D eigenvalue weighted by molar-refractivity contribution is -0.123. The summed E-state index contributed by atoms with van der Waals surface area (Å²) in [5.41, 5.74) is 6.21. The Morgan fingerprint density at radius 2 is 2.11 bits per heavy atom. The maximum absolute atomic E-state index is 12.5. The van der Waals surface area contributed by atoms with Gasteiger partial charge in [0.25, 0.3) is 0 Å². The number of fused-ring (bicyclic) bond motifs is 1. The van der Waals surface area contributed by atoms with Crippen LogP contribution in [-0.4, -0.2) is 60.8 Å². The van der Waals surface area contributed by atoms with Gasteiger partial charge in [-0.05, 0) is 30.9 Å². The molecule has 2 aliphatic rings. The predicted molar refractivity (Wildman–Crippen MR) is 104 cm³/mol. The van der Waals surface area contributed by atoms with Crippen molar-refractivity contribution in [3.63, 3.8) is 0 Å². The maximum atomic E-state index is 12.5. The number of hydrogen-bond acceptors (Lipinski definition) is 7. The molecule has 5 N–H and O–H groups in total. The van der Waals surface area contributed by atoms with E-state index in [1.165, 1.54) is 6.07 Å². The van der Waals surface area contributed by atoms with E-state index in [1.54, 1.807) is 12.1 Å². The molecule has 0 aromatic heterocycles. The van der Waals surface area contributed by atoms with Gasteiger partial charge in [0.05, 0.1) is 18.3 Å². The van der Waals surface area contributed by atoms with Crippen LogP contribution in [0.15, 0.2) is 18.2 Å². The van der Waals surface area contributed by atoms with Gasteiger partial charge >= 0.3 is 13.1 Å². The molecule has 2 heterocycles. The number of nitrogens with one attached hydrogen (secondary N) is 1. The number of para-hydroxylation sites is 1. The minimum atomic E-state index is -1.20. The molecule has 2 aliphatic heterocycles. The first kappa shape index (κ1) is 20.8. The van der Waals surface area contributed by atoms with Crippen molar-refractivity contribution in [2.24, 2.45) is 5.73 Å². The number of carbonyl (C=O) groups is 2. The van der Waals surface area contributed by atoms with Gasteiger partial charge in [-0.3, -0.25) is 4.79 Å². The third kappa shape index (κ3) is 5.11. The molecule has 0 bridgehead atoms. The van der Waals surface area contributed by atoms with E-state index in [-0.39, 0.29) is 35.7 Å². The van der Waals surface area contributed by atoms with Gasteiger partial charge in [0.2, 0.25) is 0 Å². The molecule has 3 rings (SSSR count). The molecule has 1 aromatic carbocycles. The van der Waals surface area contributed by atoms with Crippen LogP contribution in [0.5, 0.6) is 5.75 Å². The topological polar surface area (TPSA) is 131 Å². The molecule has 0 amide bonds. The number of aromatic carboxylic acids is 1. The van der Waals surface area contributed by atoms with Crippen LogP contribution in [0.4, 0.5) is 0 Å². The van der Waals surface area contributed by atoms with Crippen molar-refractivity contribution in [1.82, 2.24) is 5.32 Å². The van der Waals surface area contributed by atoms with Crippen LogP contribution in [0.25, 0.3) is 0 Å². The van der Waals surface area contributed by atoms with E-state index >= 15 is 0 Å². The van der Waals surface area contributed by atoms with Crippen LogP contribution < -0.4 is 15.7 Å². The highest BCUT2D eigenvalue weighted by Crippen LogP contribution is 2.36. The second-order valence-electron chi connectivity index (χ2n) is 7.49. The van der Waals surface area contributed by atoms with Crippen molar-refractivity contribution in [3.05, 3.63) is 29.3 Å². The van der Waals surface area contributed by atoms with E-state index in [2.05, 4.69) is 5.32 Å². The van der Waals surface area contributed by atoms with Crippen molar-refractivity contribution in [2.75, 3.05) is 19.7 Å². The van der Waals surface area contributed by atoms with Crippen LogP contribution >= 0.6 is 0 Å². The van der Waals surface area contributed by atoms with E-state index in [1.807, 2.05) is 0 Å². The number of ketones is 1. The fraction of sp³-hybridized carbons (Fsp3) is 0.579. The lowest BCUT2D eigenvalue weighted by atomic mass is 9.64. The van der Waals surface area contributed by atoms with E-state index in [0.29, 0.717) is 31.6 Å². The maximum Gasteiger partial charge on any atom is 0.526 e. The zero-order chi connectivity index (χ0) is 20.1. The standard InChI is InChI=1S/C19H27BN2O6/c21-6-7-22-14-4-5-16(27-11-14)10-15(23)9-13-8-12-2-1-3-17(19(24)25)18(12)28-20(13)26/h1-3,13-14,16,22,26H,4-11,21H2,(H,24,25)/t13-,14?,16?/m1/s1. The number of rotatable bonds is 8. The van der Waals surface area contributed by atoms with Gasteiger partial charge in [0, 0.05) is 37.8 Å². The molecule has 9 heteroatoms. The Morgan fingerprint density at radius 1 is 1.29 bits per heavy atom. The monoisotopic (exact) mass is 390 g/mol. The number of ether oxygens (including phenoxy) is 1. The number of hydrogen-bond donors (Lipinski definition) is 4. The van der Waals surface area contributed by atoms with Gasteiger partial charge < -0.3 is 30.6 Å². The zero-order valence-electron chi connectivity index (χ0n) is 15.8. The molecule has 2 unspecified atom stereocenters. The number of benzene rings is 1. The first-order valence-electron chi connectivity index (χ1n) is 9.74. The van der Waals surface area contributed by atoms with E-state index in [0.717, 1.165) is 19.4 Å². The summed E-state index contributed by atoms with van der Waals surface area (Å²) in [6.45, 7) is 1.90. The molecular weight excluding hydrogens is 363 g/mol. The zero-order valence-corrected chi connectivity index (χ0v) is 15.8. The highest BCUT2D eigenvalue weighted by molar-refractivity contribution is 6.47. The Hall–Kier alpha value is -1.94. The Balaban J connectivity index is 1.51. The van der Waals surface area contributed by atoms with Crippen LogP contribution in [0.2, 0.25) is 5.82 Å². The van der Waals surface area contributed by atoms with Gasteiger partial charge in [-0.15, -0.1) is 0 Å². The molecule has 28 heavy (non-hydrogen) atoms. The highest BCUT2D eigenvalue weighted by Gasteiger charge is 2.38. The van der Waals surface area contributed by atoms with Crippen LogP contribution in [0.3, 0.4) is 0 Å². The summed E-state index contributed by atoms with van der Waals surface area (Å²) in [6, 6.07) is 5.13. The van der Waals surface area contributed by atoms with Crippen molar-refractivity contribution in [3.8, 4) is 5.75 Å². The predicted octanol–water partition coefficient (Wildman–Crippen LogP) is 0.616. The quantitative estimate of drug-likeness (QED) is 0.475. The second-order valence-corrected chi connectivity index (χ2v) is 7.49. The van der Waals surface area contributed by atoms with Crippen molar-refractivity contribution in [1.29, 1.82) is 0 Å². The SMILES string of the molecule is NCCNC1CCC(CC(=O)C[C@H]2Cc3cccc(C(=O)O)c3OB2O)OC1. The average Bonchev–Trinajstić information content (AvgIpc) is 2.67. The molecule has 1 aromatic rings. The summed E-state index contributed by atoms with van der Waals surface area (Å²) in [4.78, 5) is 23.8. The van der Waals surface area contributed by atoms with Crippen LogP contribution in [0, 0.1) is 0 Å². The van der Waals surface area contributed by atoms with Crippen LogP contribution in [-0.2, 0) is 16.0 Å². The second kappa shape index (κ2) is 9.51. The molecule has 1 saturated heterocycles. The van der Waals surface area contributed by atoms with Gasteiger partial charge in [-0.25, -0.2) is 4.79 Å². The van der Waals surface area contributed by atoms with Crippen molar-refractivity contribution < 1.29 is 29.1 Å². The Labute approximate surface area is 164 Å². The molecular formula is C19H27BN2O6. The molecule has 0 radical (unpaired) electrons. The van der Waals surface area contributed by atoms with Gasteiger partial charge in [0.1, 0.15) is 11.5 Å². The number of carboxylic acid groups (broad SMARTS) is 1. The summed E-state index contributed by atoms with van der Waals surface area (Å²) in [5, 5.41) is 22.8. The van der Waals surface area contributed by atoms with E-state index in [4.69, 9.17) is 15.1 Å². The lowest BCUT2D eigenvalue weighted by Gasteiger charge is -2.30. The molecule has 0 aliphatic carbocycles. The van der Waals surface area contributed by atoms with Gasteiger partial charge in [-0.1, -0.05) is 12.1 Å². The summed E-state index contributed by atoms with van der Waals surface area (Å²) in [7, 11) is -1.20. The number of nitrogens with two attached hydrogens (primary N) is 1. The summed E-state index contributed by atoms with van der Waals surface area (Å²) >= 11 is 0. The largest absolute Gasteiger partial charge is 0.535 e. The van der Waals surface area contributed by atoms with E-state index < -0.39 is 18.9 Å².